The zero-order valence-electron chi connectivity index (χ0n) is 9.44. The molecule has 1 atom stereocenters. The van der Waals surface area contributed by atoms with E-state index in [1.807, 2.05) is 0 Å². The molecule has 2 rings (SSSR count). The molecule has 0 aromatic carbocycles. The van der Waals surface area contributed by atoms with Crippen LogP contribution in [0.25, 0.3) is 11.2 Å². The number of fused-ring (bicyclic) bond motifs is 1. The van der Waals surface area contributed by atoms with Crippen molar-refractivity contribution < 1.29 is 0 Å². The van der Waals surface area contributed by atoms with Gasteiger partial charge in [0.15, 0.2) is 5.65 Å². The molecule has 0 aliphatic heterocycles. The molecule has 92 valence electrons. The Hall–Kier alpha value is -0.140. The minimum absolute atomic E-state index is 0.0557. The summed E-state index contributed by atoms with van der Waals surface area (Å²) < 4.78 is 0.0557. The molecule has 2 heterocycles. The Bertz CT molecular complexity index is 508. The Morgan fingerprint density at radius 2 is 2.18 bits per heavy atom. The van der Waals surface area contributed by atoms with Crippen molar-refractivity contribution in [3.63, 3.8) is 0 Å². The van der Waals surface area contributed by atoms with Crippen molar-refractivity contribution in [1.82, 2.24) is 19.9 Å². The molecule has 0 fully saturated rings. The van der Waals surface area contributed by atoms with Gasteiger partial charge in [-0.3, -0.25) is 0 Å². The van der Waals surface area contributed by atoms with Crippen LogP contribution in [-0.4, -0.2) is 34.8 Å². The lowest BCUT2D eigenvalue weighted by molar-refractivity contribution is 0.733. The highest BCUT2D eigenvalue weighted by molar-refractivity contribution is 9.12. The maximum Gasteiger partial charge on any atom is 0.181 e. The predicted octanol–water partition coefficient (Wildman–Crippen LogP) is 3.38. The third kappa shape index (κ3) is 3.20. The molecule has 1 N–H and O–H groups in total. The van der Waals surface area contributed by atoms with Gasteiger partial charge >= 0.3 is 0 Å². The summed E-state index contributed by atoms with van der Waals surface area (Å²) in [6, 6.07) is 0. The number of thioether (sulfide) groups is 1. The van der Waals surface area contributed by atoms with Crippen LogP contribution >= 0.6 is 43.6 Å². The second-order valence-corrected chi connectivity index (χ2v) is 8.28. The zero-order chi connectivity index (χ0) is 12.5. The van der Waals surface area contributed by atoms with Crippen LogP contribution in [-0.2, 0) is 0 Å². The minimum atomic E-state index is 0.0557. The van der Waals surface area contributed by atoms with Gasteiger partial charge in [0.1, 0.15) is 16.9 Å². The maximum absolute atomic E-state index is 4.28. The van der Waals surface area contributed by atoms with Gasteiger partial charge in [0.2, 0.25) is 0 Å². The average Bonchev–Trinajstić information content (AvgIpc) is 2.72. The molecule has 7 heteroatoms. The van der Waals surface area contributed by atoms with Crippen LogP contribution in [0.5, 0.6) is 0 Å². The second kappa shape index (κ2) is 5.24. The number of H-pyrrole nitrogens is 1. The third-order valence-corrected chi connectivity index (χ3v) is 6.45. The Morgan fingerprint density at radius 3 is 2.88 bits per heavy atom. The van der Waals surface area contributed by atoms with E-state index in [0.717, 1.165) is 16.3 Å². The molecule has 0 radical (unpaired) electrons. The predicted molar refractivity (Wildman–Crippen MR) is 78.1 cm³/mol. The number of halogens is 2. The lowest BCUT2D eigenvalue weighted by Gasteiger charge is -2.22. The van der Waals surface area contributed by atoms with Gasteiger partial charge in [-0.15, -0.1) is 11.8 Å². The van der Waals surface area contributed by atoms with Crippen molar-refractivity contribution in [3.05, 3.63) is 12.7 Å². The smallest absolute Gasteiger partial charge is 0.181 e. The van der Waals surface area contributed by atoms with Gasteiger partial charge in [0.05, 0.1) is 6.33 Å². The molecule has 2 aromatic rings. The van der Waals surface area contributed by atoms with Gasteiger partial charge in [0.25, 0.3) is 0 Å². The fourth-order valence-electron chi connectivity index (χ4n) is 1.20. The number of rotatable bonds is 4. The molecule has 4 nitrogen and oxygen atoms in total. The number of aromatic nitrogens is 4. The first-order chi connectivity index (χ1) is 7.98. The summed E-state index contributed by atoms with van der Waals surface area (Å²) in [6.07, 6.45) is 3.19. The van der Waals surface area contributed by atoms with E-state index < -0.39 is 0 Å². The largest absolute Gasteiger partial charge is 0.341 e. The van der Waals surface area contributed by atoms with E-state index in [9.17, 15) is 0 Å². The Kier molecular flexibility index (Phi) is 4.10. The Morgan fingerprint density at radius 1 is 1.41 bits per heavy atom. The average molecular weight is 380 g/mol. The number of hydrogen-bond acceptors (Lipinski definition) is 4. The molecule has 0 spiro atoms. The van der Waals surface area contributed by atoms with Gasteiger partial charge < -0.3 is 4.98 Å². The van der Waals surface area contributed by atoms with Crippen LogP contribution in [0.1, 0.15) is 13.8 Å². The van der Waals surface area contributed by atoms with Crippen LogP contribution < -0.4 is 0 Å². The van der Waals surface area contributed by atoms with Crippen molar-refractivity contribution >= 4 is 54.8 Å². The van der Waals surface area contributed by atoms with E-state index in [4.69, 9.17) is 0 Å². The zero-order valence-corrected chi connectivity index (χ0v) is 13.4. The van der Waals surface area contributed by atoms with Crippen LogP contribution in [0.15, 0.2) is 17.7 Å². The highest BCUT2D eigenvalue weighted by Crippen LogP contribution is 2.32. The first-order valence-electron chi connectivity index (χ1n) is 5.08. The lowest BCUT2D eigenvalue weighted by Crippen LogP contribution is -2.26. The van der Waals surface area contributed by atoms with Crippen molar-refractivity contribution in [1.29, 1.82) is 0 Å². The van der Waals surface area contributed by atoms with Gasteiger partial charge in [-0.05, 0) is 13.8 Å². The van der Waals surface area contributed by atoms with Crippen molar-refractivity contribution in [2.45, 2.75) is 28.0 Å². The number of imidazole rings is 1. The van der Waals surface area contributed by atoms with E-state index in [-0.39, 0.29) is 4.32 Å². The molecule has 0 bridgehead atoms. The molecule has 17 heavy (non-hydrogen) atoms. The van der Waals surface area contributed by atoms with Crippen LogP contribution in [0.3, 0.4) is 0 Å². The van der Waals surface area contributed by atoms with Crippen molar-refractivity contribution in [2.24, 2.45) is 0 Å². The fourth-order valence-corrected chi connectivity index (χ4v) is 3.11. The monoisotopic (exact) mass is 378 g/mol. The lowest BCUT2D eigenvalue weighted by atomic mass is 10.2. The third-order valence-electron chi connectivity index (χ3n) is 2.30. The summed E-state index contributed by atoms with van der Waals surface area (Å²) >= 11 is 9.01. The number of hydrogen-bond donors (Lipinski definition) is 1. The SMILES string of the molecule is CC(C)(Br)C(Br)CSc1ncnc2nc[nH]c12. The van der Waals surface area contributed by atoms with E-state index >= 15 is 0 Å². The summed E-state index contributed by atoms with van der Waals surface area (Å²) in [5, 5.41) is 0.939. The van der Waals surface area contributed by atoms with Crippen LogP contribution in [0, 0.1) is 0 Å². The van der Waals surface area contributed by atoms with Gasteiger partial charge in [-0.2, -0.15) is 0 Å². The van der Waals surface area contributed by atoms with Gasteiger partial charge in [-0.25, -0.2) is 15.0 Å². The molecule has 0 amide bonds. The molecule has 0 saturated heterocycles. The molecule has 1 unspecified atom stereocenters. The quantitative estimate of drug-likeness (QED) is 0.502. The van der Waals surface area contributed by atoms with E-state index in [2.05, 4.69) is 65.6 Å². The number of alkyl halides is 2. The molecule has 2 aromatic heterocycles. The van der Waals surface area contributed by atoms with Crippen molar-refractivity contribution in [3.8, 4) is 0 Å². The first kappa shape index (κ1) is 13.3. The van der Waals surface area contributed by atoms with E-state index in [1.54, 1.807) is 24.4 Å². The first-order valence-corrected chi connectivity index (χ1v) is 7.78. The molecule has 0 aliphatic rings. The van der Waals surface area contributed by atoms with Gasteiger partial charge in [0, 0.05) is 14.9 Å². The highest BCUT2D eigenvalue weighted by Gasteiger charge is 2.24. The van der Waals surface area contributed by atoms with E-state index in [1.165, 1.54) is 0 Å². The normalized spacial score (nSPS) is 14.1. The standard InChI is InChI=1S/C10H12Br2N4S/c1-10(2,12)6(11)3-17-9-7-8(14-4-13-7)15-5-16-9/h4-6H,3H2,1-2H3,(H,13,14,15,16). The van der Waals surface area contributed by atoms with Gasteiger partial charge in [-0.1, -0.05) is 31.9 Å². The molecule has 0 saturated carbocycles. The number of nitrogens with one attached hydrogen (secondary N) is 1. The maximum atomic E-state index is 4.28. The van der Waals surface area contributed by atoms with Crippen LogP contribution in [0.2, 0.25) is 0 Å². The molecule has 0 aliphatic carbocycles. The summed E-state index contributed by atoms with van der Waals surface area (Å²) in [6.45, 7) is 4.28. The second-order valence-electron chi connectivity index (χ2n) is 4.12. The number of nitrogens with zero attached hydrogens (tertiary/aromatic N) is 3. The summed E-state index contributed by atoms with van der Waals surface area (Å²) in [7, 11) is 0. The molecular formula is C10H12Br2N4S. The Labute approximate surface area is 121 Å². The number of aromatic amines is 1. The summed E-state index contributed by atoms with van der Waals surface area (Å²) in [4.78, 5) is 15.9. The summed E-state index contributed by atoms with van der Waals surface area (Å²) in [5.74, 6) is 0.920. The topological polar surface area (TPSA) is 54.5 Å². The van der Waals surface area contributed by atoms with Crippen molar-refractivity contribution in [2.75, 3.05) is 5.75 Å². The van der Waals surface area contributed by atoms with E-state index in [0.29, 0.717) is 10.5 Å². The fraction of sp³-hybridized carbons (Fsp3) is 0.500. The Balaban J connectivity index is 2.12. The van der Waals surface area contributed by atoms with Crippen LogP contribution in [0.4, 0.5) is 0 Å². The highest BCUT2D eigenvalue weighted by atomic mass is 79.9. The molecular weight excluding hydrogens is 368 g/mol. The minimum Gasteiger partial charge on any atom is -0.341 e. The summed E-state index contributed by atoms with van der Waals surface area (Å²) in [5.41, 5.74) is 1.62.